The number of para-hydroxylation sites is 1. The summed E-state index contributed by atoms with van der Waals surface area (Å²) < 4.78 is 4.91. The molecule has 2 heterocycles. The SMILES string of the molecule is COC(=O)[C@@H](Nc1nc(CNC(=O)c2cccs2)nc2ccccc12)C(C)C. The van der Waals surface area contributed by atoms with Crippen LogP contribution in [0, 0.1) is 5.92 Å². The Hall–Kier alpha value is -3.00. The quantitative estimate of drug-likeness (QED) is 0.594. The second-order valence-corrected chi connectivity index (χ2v) is 7.50. The van der Waals surface area contributed by atoms with Crippen LogP contribution in [0.5, 0.6) is 0 Å². The maximum atomic E-state index is 12.2. The van der Waals surface area contributed by atoms with Crippen molar-refractivity contribution in [3.8, 4) is 0 Å². The Morgan fingerprint density at radius 2 is 1.93 bits per heavy atom. The Morgan fingerprint density at radius 3 is 2.61 bits per heavy atom. The van der Waals surface area contributed by atoms with E-state index in [2.05, 4.69) is 20.6 Å². The molecule has 0 bridgehead atoms. The van der Waals surface area contributed by atoms with Crippen molar-refractivity contribution in [3.05, 3.63) is 52.5 Å². The first-order chi connectivity index (χ1) is 13.5. The third-order valence-corrected chi connectivity index (χ3v) is 5.08. The van der Waals surface area contributed by atoms with E-state index in [-0.39, 0.29) is 24.3 Å². The van der Waals surface area contributed by atoms with E-state index >= 15 is 0 Å². The minimum atomic E-state index is -0.545. The van der Waals surface area contributed by atoms with Crippen molar-refractivity contribution < 1.29 is 14.3 Å². The summed E-state index contributed by atoms with van der Waals surface area (Å²) in [4.78, 5) is 34.0. The predicted molar refractivity (Wildman–Crippen MR) is 109 cm³/mol. The number of rotatable bonds is 7. The number of esters is 1. The normalized spacial score (nSPS) is 12.0. The standard InChI is InChI=1S/C20H22N4O3S/c1-12(2)17(20(26)27-3)24-18-13-7-4-5-8-14(13)22-16(23-18)11-21-19(25)15-9-6-10-28-15/h4-10,12,17H,11H2,1-3H3,(H,21,25)(H,22,23,24)/t17-/m0/s1. The number of methoxy groups -OCH3 is 1. The van der Waals surface area contributed by atoms with Gasteiger partial charge < -0.3 is 15.4 Å². The summed E-state index contributed by atoms with van der Waals surface area (Å²) in [6.45, 7) is 4.04. The number of aromatic nitrogens is 2. The van der Waals surface area contributed by atoms with Crippen LogP contribution in [0.25, 0.3) is 10.9 Å². The lowest BCUT2D eigenvalue weighted by Crippen LogP contribution is -2.36. The van der Waals surface area contributed by atoms with Gasteiger partial charge in [-0.15, -0.1) is 11.3 Å². The highest BCUT2D eigenvalue weighted by Gasteiger charge is 2.24. The van der Waals surface area contributed by atoms with E-state index in [1.807, 2.05) is 49.6 Å². The molecule has 0 aliphatic carbocycles. The number of hydrogen-bond donors (Lipinski definition) is 2. The maximum Gasteiger partial charge on any atom is 0.328 e. The first-order valence-corrected chi connectivity index (χ1v) is 9.79. The zero-order chi connectivity index (χ0) is 20.1. The minimum absolute atomic E-state index is 0.00292. The lowest BCUT2D eigenvalue weighted by molar-refractivity contribution is -0.142. The van der Waals surface area contributed by atoms with Crippen molar-refractivity contribution in [2.24, 2.45) is 5.92 Å². The Labute approximate surface area is 167 Å². The zero-order valence-electron chi connectivity index (χ0n) is 15.9. The number of carbonyl (C=O) groups is 2. The molecule has 1 amide bonds. The Morgan fingerprint density at radius 1 is 1.14 bits per heavy atom. The molecule has 146 valence electrons. The zero-order valence-corrected chi connectivity index (χ0v) is 16.7. The topological polar surface area (TPSA) is 93.2 Å². The van der Waals surface area contributed by atoms with Crippen LogP contribution in [0.15, 0.2) is 41.8 Å². The first kappa shape index (κ1) is 19.8. The second kappa shape index (κ2) is 8.79. The summed E-state index contributed by atoms with van der Waals surface area (Å²) in [5, 5.41) is 8.67. The van der Waals surface area contributed by atoms with E-state index in [0.717, 1.165) is 10.9 Å². The van der Waals surface area contributed by atoms with Crippen LogP contribution in [0.1, 0.15) is 29.3 Å². The smallest absolute Gasteiger partial charge is 0.328 e. The average Bonchev–Trinajstić information content (AvgIpc) is 3.24. The molecule has 3 rings (SSSR count). The number of benzene rings is 1. The monoisotopic (exact) mass is 398 g/mol. The molecule has 8 heteroatoms. The Kier molecular flexibility index (Phi) is 6.20. The summed E-state index contributed by atoms with van der Waals surface area (Å²) >= 11 is 1.37. The molecule has 0 unspecified atom stereocenters. The maximum absolute atomic E-state index is 12.2. The van der Waals surface area contributed by atoms with Crippen molar-refractivity contribution in [2.45, 2.75) is 26.4 Å². The largest absolute Gasteiger partial charge is 0.467 e. The molecular weight excluding hydrogens is 376 g/mol. The fourth-order valence-electron chi connectivity index (χ4n) is 2.74. The molecule has 3 aromatic rings. The van der Waals surface area contributed by atoms with Crippen LogP contribution >= 0.6 is 11.3 Å². The summed E-state index contributed by atoms with van der Waals surface area (Å²) in [6.07, 6.45) is 0. The number of hydrogen-bond acceptors (Lipinski definition) is 7. The van der Waals surface area contributed by atoms with Gasteiger partial charge in [0, 0.05) is 5.39 Å². The number of amides is 1. The number of thiophene rings is 1. The molecule has 0 aliphatic rings. The minimum Gasteiger partial charge on any atom is -0.467 e. The highest BCUT2D eigenvalue weighted by Crippen LogP contribution is 2.22. The Bertz CT molecular complexity index is 973. The van der Waals surface area contributed by atoms with Crippen molar-refractivity contribution in [1.29, 1.82) is 0 Å². The Balaban J connectivity index is 1.88. The fourth-order valence-corrected chi connectivity index (χ4v) is 3.38. The molecule has 28 heavy (non-hydrogen) atoms. The molecule has 1 atom stereocenters. The molecule has 0 aliphatic heterocycles. The molecule has 2 N–H and O–H groups in total. The second-order valence-electron chi connectivity index (χ2n) is 6.55. The van der Waals surface area contributed by atoms with Gasteiger partial charge in [-0.2, -0.15) is 0 Å². The van der Waals surface area contributed by atoms with Crippen molar-refractivity contribution in [1.82, 2.24) is 15.3 Å². The molecule has 0 saturated carbocycles. The van der Waals surface area contributed by atoms with Crippen LogP contribution in [0.4, 0.5) is 5.82 Å². The van der Waals surface area contributed by atoms with Crippen molar-refractivity contribution in [2.75, 3.05) is 12.4 Å². The van der Waals surface area contributed by atoms with Gasteiger partial charge in [0.25, 0.3) is 5.91 Å². The van der Waals surface area contributed by atoms with Crippen LogP contribution in [0.2, 0.25) is 0 Å². The summed E-state index contributed by atoms with van der Waals surface area (Å²) in [5.41, 5.74) is 0.729. The van der Waals surface area contributed by atoms with Gasteiger partial charge in [0.1, 0.15) is 11.9 Å². The van der Waals surface area contributed by atoms with Gasteiger partial charge in [-0.3, -0.25) is 4.79 Å². The third-order valence-electron chi connectivity index (χ3n) is 4.22. The van der Waals surface area contributed by atoms with Crippen LogP contribution in [0.3, 0.4) is 0 Å². The number of ether oxygens (including phenoxy) is 1. The van der Waals surface area contributed by atoms with E-state index in [9.17, 15) is 9.59 Å². The van der Waals surface area contributed by atoms with Crippen LogP contribution in [-0.4, -0.2) is 35.0 Å². The number of nitrogens with one attached hydrogen (secondary N) is 2. The first-order valence-electron chi connectivity index (χ1n) is 8.91. The number of anilines is 1. The molecule has 0 fully saturated rings. The predicted octanol–water partition coefficient (Wildman–Crippen LogP) is 3.23. The van der Waals surface area contributed by atoms with Gasteiger partial charge >= 0.3 is 5.97 Å². The summed E-state index contributed by atoms with van der Waals surface area (Å²) in [5.74, 6) is 0.470. The van der Waals surface area contributed by atoms with Crippen LogP contribution < -0.4 is 10.6 Å². The lowest BCUT2D eigenvalue weighted by Gasteiger charge is -2.21. The average molecular weight is 398 g/mol. The molecule has 1 aromatic carbocycles. The number of fused-ring (bicyclic) bond motifs is 1. The van der Waals surface area contributed by atoms with Crippen molar-refractivity contribution >= 4 is 39.9 Å². The van der Waals surface area contributed by atoms with E-state index < -0.39 is 6.04 Å². The fraction of sp³-hybridized carbons (Fsp3) is 0.300. The van der Waals surface area contributed by atoms with E-state index in [1.54, 1.807) is 6.07 Å². The van der Waals surface area contributed by atoms with Crippen molar-refractivity contribution in [3.63, 3.8) is 0 Å². The summed E-state index contributed by atoms with van der Waals surface area (Å²) in [7, 11) is 1.36. The molecule has 0 radical (unpaired) electrons. The molecule has 2 aromatic heterocycles. The molecule has 7 nitrogen and oxygen atoms in total. The number of nitrogens with zero attached hydrogens (tertiary/aromatic N) is 2. The van der Waals surface area contributed by atoms with Gasteiger partial charge in [-0.1, -0.05) is 32.0 Å². The van der Waals surface area contributed by atoms with E-state index in [0.29, 0.717) is 16.5 Å². The summed E-state index contributed by atoms with van der Waals surface area (Å²) in [6, 6.07) is 10.6. The van der Waals surface area contributed by atoms with Gasteiger partial charge in [0.2, 0.25) is 0 Å². The molecule has 0 saturated heterocycles. The van der Waals surface area contributed by atoms with Gasteiger partial charge in [-0.05, 0) is 29.5 Å². The lowest BCUT2D eigenvalue weighted by atomic mass is 10.0. The van der Waals surface area contributed by atoms with Gasteiger partial charge in [-0.25, -0.2) is 14.8 Å². The van der Waals surface area contributed by atoms with E-state index in [4.69, 9.17) is 4.74 Å². The number of carbonyl (C=O) groups excluding carboxylic acids is 2. The van der Waals surface area contributed by atoms with E-state index in [1.165, 1.54) is 18.4 Å². The molecule has 0 spiro atoms. The van der Waals surface area contributed by atoms with Crippen LogP contribution in [-0.2, 0) is 16.1 Å². The highest BCUT2D eigenvalue weighted by atomic mass is 32.1. The highest BCUT2D eigenvalue weighted by molar-refractivity contribution is 7.12. The third kappa shape index (κ3) is 4.45. The van der Waals surface area contributed by atoms with Gasteiger partial charge in [0.15, 0.2) is 5.82 Å². The van der Waals surface area contributed by atoms with Gasteiger partial charge in [0.05, 0.1) is 24.0 Å². The molecular formula is C20H22N4O3S.